The molecule has 0 aromatic heterocycles. The third-order valence-electron chi connectivity index (χ3n) is 1.98. The van der Waals surface area contributed by atoms with Crippen LogP contribution in [0.25, 0.3) is 0 Å². The summed E-state index contributed by atoms with van der Waals surface area (Å²) >= 11 is 0. The summed E-state index contributed by atoms with van der Waals surface area (Å²) in [6, 6.07) is 0. The number of rotatable bonds is 1. The Morgan fingerprint density at radius 2 is 2.38 bits per heavy atom. The summed E-state index contributed by atoms with van der Waals surface area (Å²) in [7, 11) is 0. The quantitative estimate of drug-likeness (QED) is 0.484. The molecular weight excluding hydrogens is 102 g/mol. The molecule has 2 aliphatic heterocycles. The molecule has 8 heavy (non-hydrogen) atoms. The smallest absolute Gasteiger partial charge is 0.0850 e. The highest BCUT2D eigenvalue weighted by atomic mass is 16.6. The molecule has 2 saturated heterocycles. The van der Waals surface area contributed by atoms with Gasteiger partial charge in [-0.05, 0) is 13.0 Å². The van der Waals surface area contributed by atoms with Gasteiger partial charge in [0.2, 0.25) is 0 Å². The van der Waals surface area contributed by atoms with Crippen molar-refractivity contribution in [2.24, 2.45) is 5.92 Å². The molecule has 1 N–H and O–H groups in total. The fourth-order valence-electron chi connectivity index (χ4n) is 1.32. The first-order valence-electron chi connectivity index (χ1n) is 3.29. The number of hydrogen-bond donors (Lipinski definition) is 1. The van der Waals surface area contributed by atoms with Crippen LogP contribution in [-0.4, -0.2) is 25.8 Å². The van der Waals surface area contributed by atoms with Crippen LogP contribution in [0, 0.1) is 5.92 Å². The van der Waals surface area contributed by atoms with E-state index in [1.54, 1.807) is 0 Å². The van der Waals surface area contributed by atoms with E-state index in [4.69, 9.17) is 4.74 Å². The summed E-state index contributed by atoms with van der Waals surface area (Å²) in [6.07, 6.45) is 1.95. The van der Waals surface area contributed by atoms with Gasteiger partial charge in [0.05, 0.1) is 12.7 Å². The van der Waals surface area contributed by atoms with Crippen molar-refractivity contribution in [1.82, 2.24) is 5.32 Å². The van der Waals surface area contributed by atoms with Crippen molar-refractivity contribution in [3.8, 4) is 0 Å². The van der Waals surface area contributed by atoms with Crippen molar-refractivity contribution in [3.05, 3.63) is 0 Å². The highest BCUT2D eigenvalue weighted by molar-refractivity contribution is 4.84. The molecule has 0 aliphatic carbocycles. The van der Waals surface area contributed by atoms with Gasteiger partial charge in [0.25, 0.3) is 0 Å². The van der Waals surface area contributed by atoms with E-state index in [9.17, 15) is 0 Å². The van der Waals surface area contributed by atoms with Crippen LogP contribution in [0.15, 0.2) is 0 Å². The monoisotopic (exact) mass is 113 g/mol. The van der Waals surface area contributed by atoms with Crippen LogP contribution in [0.3, 0.4) is 0 Å². The van der Waals surface area contributed by atoms with Crippen LogP contribution in [-0.2, 0) is 4.74 Å². The van der Waals surface area contributed by atoms with E-state index in [1.165, 1.54) is 19.5 Å². The van der Waals surface area contributed by atoms with Gasteiger partial charge in [-0.2, -0.15) is 0 Å². The Morgan fingerprint density at radius 1 is 1.50 bits per heavy atom. The molecule has 0 aromatic carbocycles. The number of nitrogens with one attached hydrogen (secondary N) is 1. The summed E-state index contributed by atoms with van der Waals surface area (Å²) in [6.45, 7) is 3.40. The molecule has 46 valence electrons. The maximum absolute atomic E-state index is 5.15. The van der Waals surface area contributed by atoms with Crippen LogP contribution >= 0.6 is 0 Å². The molecule has 0 radical (unpaired) electrons. The first-order valence-corrected chi connectivity index (χ1v) is 3.29. The number of hydrogen-bond acceptors (Lipinski definition) is 2. The molecule has 2 aliphatic rings. The van der Waals surface area contributed by atoms with Crippen molar-refractivity contribution >= 4 is 0 Å². The summed E-state index contributed by atoms with van der Waals surface area (Å²) in [5, 5.41) is 3.31. The van der Waals surface area contributed by atoms with Gasteiger partial charge in [-0.1, -0.05) is 0 Å². The molecule has 0 bridgehead atoms. The molecular formula is C6H11NO. The van der Waals surface area contributed by atoms with E-state index < -0.39 is 0 Å². The summed E-state index contributed by atoms with van der Waals surface area (Å²) in [5.41, 5.74) is 0. The third kappa shape index (κ3) is 0.740. The summed E-state index contributed by atoms with van der Waals surface area (Å²) in [4.78, 5) is 0. The minimum absolute atomic E-state index is 0.630. The van der Waals surface area contributed by atoms with E-state index in [0.29, 0.717) is 6.10 Å². The van der Waals surface area contributed by atoms with Gasteiger partial charge in [0.15, 0.2) is 0 Å². The molecule has 0 spiro atoms. The second-order valence-electron chi connectivity index (χ2n) is 2.62. The third-order valence-corrected chi connectivity index (χ3v) is 1.98. The summed E-state index contributed by atoms with van der Waals surface area (Å²) in [5.74, 6) is 0.843. The standard InChI is InChI=1S/C6H11NO/c1-2-7-3-5(1)6-4-8-6/h5-7H,1-4H2/t5?,6-/m1/s1. The lowest BCUT2D eigenvalue weighted by Gasteiger charge is -1.98. The molecule has 2 heterocycles. The Labute approximate surface area is 49.2 Å². The first kappa shape index (κ1) is 4.77. The average Bonchev–Trinajstić information content (AvgIpc) is 2.49. The predicted molar refractivity (Wildman–Crippen MR) is 30.7 cm³/mol. The first-order chi connectivity index (χ1) is 3.97. The zero-order valence-corrected chi connectivity index (χ0v) is 4.89. The molecule has 2 fully saturated rings. The SMILES string of the molecule is C1CC([C@H]2CO2)CN1. The van der Waals surface area contributed by atoms with Crippen LogP contribution < -0.4 is 5.32 Å². The highest BCUT2D eigenvalue weighted by Crippen LogP contribution is 2.24. The Morgan fingerprint density at radius 3 is 2.88 bits per heavy atom. The van der Waals surface area contributed by atoms with E-state index in [-0.39, 0.29) is 0 Å². The number of ether oxygens (including phenoxy) is 1. The maximum atomic E-state index is 5.15. The van der Waals surface area contributed by atoms with E-state index in [0.717, 1.165) is 12.5 Å². The Bertz CT molecular complexity index is 84.5. The number of epoxide rings is 1. The van der Waals surface area contributed by atoms with Crippen molar-refractivity contribution in [3.63, 3.8) is 0 Å². The minimum Gasteiger partial charge on any atom is -0.373 e. The molecule has 2 atom stereocenters. The molecule has 2 nitrogen and oxygen atoms in total. The molecule has 0 amide bonds. The van der Waals surface area contributed by atoms with Crippen LogP contribution in [0.1, 0.15) is 6.42 Å². The van der Waals surface area contributed by atoms with E-state index >= 15 is 0 Å². The van der Waals surface area contributed by atoms with Gasteiger partial charge in [0, 0.05) is 12.5 Å². The van der Waals surface area contributed by atoms with Gasteiger partial charge in [-0.3, -0.25) is 0 Å². The normalized spacial score (nSPS) is 45.0. The highest BCUT2D eigenvalue weighted by Gasteiger charge is 2.33. The fourth-order valence-corrected chi connectivity index (χ4v) is 1.32. The van der Waals surface area contributed by atoms with Crippen molar-refractivity contribution in [2.45, 2.75) is 12.5 Å². The van der Waals surface area contributed by atoms with Gasteiger partial charge in [-0.25, -0.2) is 0 Å². The average molecular weight is 113 g/mol. The molecule has 2 heteroatoms. The second-order valence-corrected chi connectivity index (χ2v) is 2.62. The topological polar surface area (TPSA) is 24.6 Å². The lowest BCUT2D eigenvalue weighted by molar-refractivity contribution is 0.342. The van der Waals surface area contributed by atoms with Gasteiger partial charge >= 0.3 is 0 Å². The van der Waals surface area contributed by atoms with Crippen LogP contribution in [0.5, 0.6) is 0 Å². The van der Waals surface area contributed by atoms with Crippen molar-refractivity contribution < 1.29 is 4.74 Å². The largest absolute Gasteiger partial charge is 0.373 e. The Kier molecular flexibility index (Phi) is 1.02. The van der Waals surface area contributed by atoms with Gasteiger partial charge in [0.1, 0.15) is 0 Å². The van der Waals surface area contributed by atoms with Gasteiger partial charge in [-0.15, -0.1) is 0 Å². The predicted octanol–water partition coefficient (Wildman–Crippen LogP) is -0.00530. The summed E-state index contributed by atoms with van der Waals surface area (Å²) < 4.78 is 5.15. The van der Waals surface area contributed by atoms with E-state index in [1.807, 2.05) is 0 Å². The lowest BCUT2D eigenvalue weighted by Crippen LogP contribution is -2.12. The van der Waals surface area contributed by atoms with Gasteiger partial charge < -0.3 is 10.1 Å². The Balaban J connectivity index is 1.86. The van der Waals surface area contributed by atoms with Crippen LogP contribution in [0.4, 0.5) is 0 Å². The molecule has 0 aromatic rings. The van der Waals surface area contributed by atoms with E-state index in [2.05, 4.69) is 5.32 Å². The van der Waals surface area contributed by atoms with Crippen molar-refractivity contribution in [1.29, 1.82) is 0 Å². The van der Waals surface area contributed by atoms with Crippen LogP contribution in [0.2, 0.25) is 0 Å². The lowest BCUT2D eigenvalue weighted by atomic mass is 10.1. The zero-order valence-electron chi connectivity index (χ0n) is 4.89. The zero-order chi connectivity index (χ0) is 5.40. The second kappa shape index (κ2) is 1.71. The minimum atomic E-state index is 0.630. The van der Waals surface area contributed by atoms with Crippen molar-refractivity contribution in [2.75, 3.05) is 19.7 Å². The molecule has 2 rings (SSSR count). The molecule has 1 unspecified atom stereocenters. The Hall–Kier alpha value is -0.0800. The fraction of sp³-hybridized carbons (Fsp3) is 1.00. The molecule has 0 saturated carbocycles. The maximum Gasteiger partial charge on any atom is 0.0850 e.